The number of hydrogen-bond donors (Lipinski definition) is 3. The highest BCUT2D eigenvalue weighted by Gasteiger charge is 2.19. The van der Waals surface area contributed by atoms with Gasteiger partial charge < -0.3 is 15.5 Å². The fraction of sp³-hybridized carbons (Fsp3) is 0.500. The first-order valence-electron chi connectivity index (χ1n) is 4.89. The van der Waals surface area contributed by atoms with E-state index in [4.69, 9.17) is 10.2 Å². The van der Waals surface area contributed by atoms with Crippen molar-refractivity contribution in [2.75, 3.05) is 0 Å². The van der Waals surface area contributed by atoms with Crippen LogP contribution in [0.1, 0.15) is 26.2 Å². The van der Waals surface area contributed by atoms with Gasteiger partial charge in [-0.2, -0.15) is 0 Å². The lowest BCUT2D eigenvalue weighted by molar-refractivity contribution is -0.142. The molecule has 0 rings (SSSR count). The Balaban J connectivity index is 4.22. The molecule has 16 heavy (non-hydrogen) atoms. The van der Waals surface area contributed by atoms with Crippen LogP contribution < -0.4 is 5.32 Å². The molecule has 0 fully saturated rings. The lowest BCUT2D eigenvalue weighted by atomic mass is 10.1. The normalized spacial score (nSPS) is 12.3. The van der Waals surface area contributed by atoms with Gasteiger partial charge in [-0.3, -0.25) is 9.59 Å². The average molecular weight is 229 g/mol. The molecule has 0 radical (unpaired) electrons. The molecule has 1 amide bonds. The second-order valence-electron chi connectivity index (χ2n) is 3.14. The van der Waals surface area contributed by atoms with Crippen LogP contribution >= 0.6 is 0 Å². The minimum Gasteiger partial charge on any atom is -0.481 e. The zero-order chi connectivity index (χ0) is 12.6. The molecule has 6 heteroatoms. The summed E-state index contributed by atoms with van der Waals surface area (Å²) in [5.74, 6) is -2.86. The largest absolute Gasteiger partial charge is 0.481 e. The summed E-state index contributed by atoms with van der Waals surface area (Å²) in [6.45, 7) is 1.84. The quantitative estimate of drug-likeness (QED) is 0.548. The molecule has 0 heterocycles. The van der Waals surface area contributed by atoms with Crippen LogP contribution in [0.2, 0.25) is 0 Å². The Bertz CT molecular complexity index is 298. The number of rotatable bonds is 7. The Hall–Kier alpha value is -1.85. The number of carbonyl (C=O) groups is 3. The van der Waals surface area contributed by atoms with Gasteiger partial charge in [0.05, 0.1) is 0 Å². The highest BCUT2D eigenvalue weighted by atomic mass is 16.4. The molecule has 0 aromatic carbocycles. The van der Waals surface area contributed by atoms with E-state index in [1.54, 1.807) is 6.08 Å². The monoisotopic (exact) mass is 229 g/mol. The number of carbonyl (C=O) groups excluding carboxylic acids is 1. The maximum atomic E-state index is 11.2. The molecule has 3 N–H and O–H groups in total. The maximum Gasteiger partial charge on any atom is 0.326 e. The topological polar surface area (TPSA) is 104 Å². The predicted octanol–water partition coefficient (Wildman–Crippen LogP) is 0.387. The molecule has 1 atom stereocenters. The van der Waals surface area contributed by atoms with Crippen molar-refractivity contribution in [1.82, 2.24) is 5.32 Å². The molecule has 90 valence electrons. The summed E-state index contributed by atoms with van der Waals surface area (Å²) in [6, 6.07) is -1.16. The molecule has 0 aliphatic rings. The Labute approximate surface area is 93.0 Å². The maximum absolute atomic E-state index is 11.2. The zero-order valence-electron chi connectivity index (χ0n) is 8.97. The van der Waals surface area contributed by atoms with Crippen molar-refractivity contribution in [3.8, 4) is 0 Å². The molecule has 0 saturated heterocycles. The summed E-state index contributed by atoms with van der Waals surface area (Å²) in [5, 5.41) is 19.3. The van der Waals surface area contributed by atoms with Crippen LogP contribution in [0.3, 0.4) is 0 Å². The number of aliphatic carboxylic acids is 2. The predicted molar refractivity (Wildman–Crippen MR) is 55.9 cm³/mol. The van der Waals surface area contributed by atoms with Crippen molar-refractivity contribution in [3.63, 3.8) is 0 Å². The first kappa shape index (κ1) is 14.2. The van der Waals surface area contributed by atoms with Gasteiger partial charge >= 0.3 is 11.9 Å². The SMILES string of the molecule is CC/C=C/C(=O)NC(CCC(=O)O)C(=O)O. The molecule has 0 aromatic rings. The Morgan fingerprint density at radius 1 is 1.31 bits per heavy atom. The van der Waals surface area contributed by atoms with Gasteiger partial charge in [0, 0.05) is 6.42 Å². The van der Waals surface area contributed by atoms with E-state index in [-0.39, 0.29) is 12.8 Å². The van der Waals surface area contributed by atoms with E-state index in [0.717, 1.165) is 0 Å². The van der Waals surface area contributed by atoms with Crippen LogP contribution in [0.15, 0.2) is 12.2 Å². The van der Waals surface area contributed by atoms with Crippen molar-refractivity contribution in [3.05, 3.63) is 12.2 Å². The lowest BCUT2D eigenvalue weighted by Crippen LogP contribution is -2.40. The van der Waals surface area contributed by atoms with Gasteiger partial charge in [0.1, 0.15) is 6.04 Å². The van der Waals surface area contributed by atoms with Crippen molar-refractivity contribution >= 4 is 17.8 Å². The number of amides is 1. The van der Waals surface area contributed by atoms with Crippen molar-refractivity contribution in [1.29, 1.82) is 0 Å². The van der Waals surface area contributed by atoms with E-state index in [0.29, 0.717) is 6.42 Å². The summed E-state index contributed by atoms with van der Waals surface area (Å²) in [4.78, 5) is 32.1. The summed E-state index contributed by atoms with van der Waals surface area (Å²) < 4.78 is 0. The van der Waals surface area contributed by atoms with Gasteiger partial charge in [-0.25, -0.2) is 4.79 Å². The number of carboxylic acids is 2. The molecule has 0 saturated carbocycles. The Morgan fingerprint density at radius 2 is 1.94 bits per heavy atom. The van der Waals surface area contributed by atoms with Gasteiger partial charge in [0.25, 0.3) is 0 Å². The lowest BCUT2D eigenvalue weighted by Gasteiger charge is -2.11. The van der Waals surface area contributed by atoms with E-state index in [9.17, 15) is 14.4 Å². The van der Waals surface area contributed by atoms with Crippen molar-refractivity contribution in [2.45, 2.75) is 32.2 Å². The minimum absolute atomic E-state index is 0.129. The van der Waals surface area contributed by atoms with Crippen LogP contribution in [0.25, 0.3) is 0 Å². The first-order valence-corrected chi connectivity index (χ1v) is 4.89. The van der Waals surface area contributed by atoms with Gasteiger partial charge in [0.2, 0.25) is 5.91 Å². The van der Waals surface area contributed by atoms with E-state index in [1.165, 1.54) is 6.08 Å². The number of allylic oxidation sites excluding steroid dienone is 1. The fourth-order valence-electron chi connectivity index (χ4n) is 0.970. The fourth-order valence-corrected chi connectivity index (χ4v) is 0.970. The molecular weight excluding hydrogens is 214 g/mol. The van der Waals surface area contributed by atoms with Crippen molar-refractivity contribution < 1.29 is 24.6 Å². The average Bonchev–Trinajstić information content (AvgIpc) is 2.20. The smallest absolute Gasteiger partial charge is 0.326 e. The third kappa shape index (κ3) is 6.58. The van der Waals surface area contributed by atoms with E-state index in [1.807, 2.05) is 6.92 Å². The molecule has 0 aliphatic heterocycles. The first-order chi connectivity index (χ1) is 7.47. The summed E-state index contributed by atoms with van der Waals surface area (Å²) in [6.07, 6.45) is 3.06. The molecule has 0 aliphatic carbocycles. The highest BCUT2D eigenvalue weighted by Crippen LogP contribution is 1.98. The third-order valence-corrected chi connectivity index (χ3v) is 1.77. The molecule has 0 spiro atoms. The van der Waals surface area contributed by atoms with E-state index in [2.05, 4.69) is 5.32 Å². The minimum atomic E-state index is -1.24. The molecule has 6 nitrogen and oxygen atoms in total. The zero-order valence-corrected chi connectivity index (χ0v) is 8.97. The number of carboxylic acid groups (broad SMARTS) is 2. The van der Waals surface area contributed by atoms with E-state index < -0.39 is 23.9 Å². The summed E-state index contributed by atoms with van der Waals surface area (Å²) >= 11 is 0. The van der Waals surface area contributed by atoms with Gasteiger partial charge in [0.15, 0.2) is 0 Å². The van der Waals surface area contributed by atoms with Gasteiger partial charge in [-0.1, -0.05) is 13.0 Å². The number of hydrogen-bond acceptors (Lipinski definition) is 3. The highest BCUT2D eigenvalue weighted by molar-refractivity contribution is 5.91. The second-order valence-corrected chi connectivity index (χ2v) is 3.14. The van der Waals surface area contributed by atoms with Crippen LogP contribution in [-0.2, 0) is 14.4 Å². The summed E-state index contributed by atoms with van der Waals surface area (Å²) in [5.41, 5.74) is 0. The molecule has 1 unspecified atom stereocenters. The molecule has 0 aromatic heterocycles. The van der Waals surface area contributed by atoms with Crippen molar-refractivity contribution in [2.24, 2.45) is 0 Å². The standard InChI is InChI=1S/C10H15NO5/c1-2-3-4-8(12)11-7(10(15)16)5-6-9(13)14/h3-4,7H,2,5-6H2,1H3,(H,11,12)(H,13,14)(H,15,16)/b4-3+. The van der Waals surface area contributed by atoms with Gasteiger partial charge in [-0.05, 0) is 18.9 Å². The van der Waals surface area contributed by atoms with Crippen LogP contribution in [0, 0.1) is 0 Å². The molecular formula is C10H15NO5. The number of nitrogens with one attached hydrogen (secondary N) is 1. The summed E-state index contributed by atoms with van der Waals surface area (Å²) in [7, 11) is 0. The van der Waals surface area contributed by atoms with Crippen LogP contribution in [0.5, 0.6) is 0 Å². The second kappa shape index (κ2) is 7.44. The Morgan fingerprint density at radius 3 is 2.38 bits per heavy atom. The van der Waals surface area contributed by atoms with Crippen LogP contribution in [-0.4, -0.2) is 34.1 Å². The van der Waals surface area contributed by atoms with E-state index >= 15 is 0 Å². The van der Waals surface area contributed by atoms with Gasteiger partial charge in [-0.15, -0.1) is 0 Å². The Kier molecular flexibility index (Phi) is 6.58. The molecule has 0 bridgehead atoms. The third-order valence-electron chi connectivity index (χ3n) is 1.77. The van der Waals surface area contributed by atoms with Crippen LogP contribution in [0.4, 0.5) is 0 Å².